The van der Waals surface area contributed by atoms with E-state index < -0.39 is 12.1 Å². The van der Waals surface area contributed by atoms with Gasteiger partial charge in [0.25, 0.3) is 0 Å². The van der Waals surface area contributed by atoms with Gasteiger partial charge in [-0.05, 0) is 6.92 Å². The molecule has 0 heterocycles. The van der Waals surface area contributed by atoms with Crippen molar-refractivity contribution in [1.29, 1.82) is 0 Å². The summed E-state index contributed by atoms with van der Waals surface area (Å²) in [5, 5.41) is 0. The van der Waals surface area contributed by atoms with Crippen molar-refractivity contribution >= 4 is 5.97 Å². The van der Waals surface area contributed by atoms with E-state index in [1.165, 1.54) is 7.11 Å². The zero-order chi connectivity index (χ0) is 6.57. The average molecular weight is 119 g/mol. The van der Waals surface area contributed by atoms with Gasteiger partial charge in [0.05, 0.1) is 0 Å². The molecule has 0 bridgehead atoms. The molecule has 0 aliphatic heterocycles. The minimum atomic E-state index is -0.569. The minimum absolute atomic E-state index is 0.562. The van der Waals surface area contributed by atoms with Crippen LogP contribution >= 0.6 is 0 Å². The minimum Gasteiger partial charge on any atom is -0.371 e. The van der Waals surface area contributed by atoms with Gasteiger partial charge in [0, 0.05) is 7.11 Å². The average Bonchev–Trinajstić information content (AvgIpc) is 1.84. The SMILES string of the molecule is COC(C)C(=O)ON. The standard InChI is InChI=1S/C4H9NO3/c1-3(7-2)4(6)8-5/h3H,5H2,1-2H3. The van der Waals surface area contributed by atoms with E-state index in [0.717, 1.165) is 0 Å². The highest BCUT2D eigenvalue weighted by Crippen LogP contribution is 1.87. The zero-order valence-electron chi connectivity index (χ0n) is 4.88. The molecular formula is C4H9NO3. The summed E-state index contributed by atoms with van der Waals surface area (Å²) in [7, 11) is 1.40. The van der Waals surface area contributed by atoms with Crippen molar-refractivity contribution in [1.82, 2.24) is 0 Å². The van der Waals surface area contributed by atoms with Crippen molar-refractivity contribution in [2.45, 2.75) is 13.0 Å². The predicted octanol–water partition coefficient (Wildman–Crippen LogP) is -0.562. The lowest BCUT2D eigenvalue weighted by molar-refractivity contribution is -0.154. The van der Waals surface area contributed by atoms with Gasteiger partial charge in [-0.15, -0.1) is 0 Å². The molecule has 1 atom stereocenters. The number of rotatable bonds is 2. The molecule has 0 aliphatic rings. The molecule has 0 amide bonds. The summed E-state index contributed by atoms with van der Waals surface area (Å²) in [6.45, 7) is 1.55. The van der Waals surface area contributed by atoms with Crippen LogP contribution in [-0.4, -0.2) is 19.2 Å². The van der Waals surface area contributed by atoms with Crippen LogP contribution in [-0.2, 0) is 14.4 Å². The Kier molecular flexibility index (Phi) is 3.14. The number of carbonyl (C=O) groups is 1. The van der Waals surface area contributed by atoms with Crippen LogP contribution in [0.4, 0.5) is 0 Å². The van der Waals surface area contributed by atoms with E-state index in [1.807, 2.05) is 0 Å². The fourth-order valence-electron chi connectivity index (χ4n) is 0.192. The fraction of sp³-hybridized carbons (Fsp3) is 0.750. The molecule has 0 aromatic carbocycles. The van der Waals surface area contributed by atoms with Crippen molar-refractivity contribution in [3.8, 4) is 0 Å². The number of ether oxygens (including phenoxy) is 1. The van der Waals surface area contributed by atoms with E-state index in [4.69, 9.17) is 0 Å². The summed E-state index contributed by atoms with van der Waals surface area (Å²) < 4.78 is 4.55. The maximum Gasteiger partial charge on any atom is 0.353 e. The molecule has 0 spiro atoms. The third kappa shape index (κ3) is 1.90. The highest BCUT2D eigenvalue weighted by molar-refractivity contribution is 5.73. The Labute approximate surface area is 47.5 Å². The molecule has 0 aromatic heterocycles. The Balaban J connectivity index is 3.46. The van der Waals surface area contributed by atoms with Gasteiger partial charge in [-0.3, -0.25) is 0 Å². The molecule has 4 heteroatoms. The lowest BCUT2D eigenvalue weighted by atomic mass is 10.4. The number of hydrogen-bond acceptors (Lipinski definition) is 4. The van der Waals surface area contributed by atoms with Crippen LogP contribution in [0.15, 0.2) is 0 Å². The molecule has 4 nitrogen and oxygen atoms in total. The normalized spacial score (nSPS) is 12.9. The lowest BCUT2D eigenvalue weighted by Crippen LogP contribution is -2.24. The fourth-order valence-corrected chi connectivity index (χ4v) is 0.192. The highest BCUT2D eigenvalue weighted by Gasteiger charge is 2.10. The second-order valence-corrected chi connectivity index (χ2v) is 1.31. The van der Waals surface area contributed by atoms with Crippen LogP contribution in [0, 0.1) is 0 Å². The van der Waals surface area contributed by atoms with E-state index >= 15 is 0 Å². The number of methoxy groups -OCH3 is 1. The zero-order valence-corrected chi connectivity index (χ0v) is 4.88. The second kappa shape index (κ2) is 3.40. The van der Waals surface area contributed by atoms with E-state index in [1.54, 1.807) is 6.92 Å². The Bertz CT molecular complexity index is 83.4. The third-order valence-electron chi connectivity index (χ3n) is 0.802. The van der Waals surface area contributed by atoms with Gasteiger partial charge < -0.3 is 9.57 Å². The van der Waals surface area contributed by atoms with Crippen molar-refractivity contribution in [3.05, 3.63) is 0 Å². The Hall–Kier alpha value is -0.610. The highest BCUT2D eigenvalue weighted by atomic mass is 16.7. The molecule has 0 aliphatic carbocycles. The number of nitrogens with two attached hydrogens (primary N) is 1. The molecule has 48 valence electrons. The maximum absolute atomic E-state index is 10.3. The smallest absolute Gasteiger partial charge is 0.353 e. The van der Waals surface area contributed by atoms with Crippen LogP contribution < -0.4 is 5.90 Å². The monoisotopic (exact) mass is 119 g/mol. The number of hydrogen-bond donors (Lipinski definition) is 1. The summed E-state index contributed by atoms with van der Waals surface area (Å²) in [6, 6.07) is 0. The van der Waals surface area contributed by atoms with E-state index in [0.29, 0.717) is 0 Å². The lowest BCUT2D eigenvalue weighted by Gasteiger charge is -2.03. The molecule has 8 heavy (non-hydrogen) atoms. The predicted molar refractivity (Wildman–Crippen MR) is 26.8 cm³/mol. The Morgan fingerprint density at radius 1 is 1.75 bits per heavy atom. The van der Waals surface area contributed by atoms with Gasteiger partial charge >= 0.3 is 5.97 Å². The quantitative estimate of drug-likeness (QED) is 0.495. The van der Waals surface area contributed by atoms with Crippen molar-refractivity contribution in [2.75, 3.05) is 7.11 Å². The van der Waals surface area contributed by atoms with Crippen LogP contribution in [0.1, 0.15) is 6.92 Å². The van der Waals surface area contributed by atoms with Gasteiger partial charge in [0.15, 0.2) is 6.10 Å². The van der Waals surface area contributed by atoms with Gasteiger partial charge in [0.1, 0.15) is 0 Å². The van der Waals surface area contributed by atoms with Crippen molar-refractivity contribution in [2.24, 2.45) is 5.90 Å². The first-order chi connectivity index (χ1) is 3.72. The van der Waals surface area contributed by atoms with Crippen molar-refractivity contribution < 1.29 is 14.4 Å². The van der Waals surface area contributed by atoms with Crippen LogP contribution in [0.5, 0.6) is 0 Å². The van der Waals surface area contributed by atoms with Gasteiger partial charge in [-0.1, -0.05) is 0 Å². The summed E-state index contributed by atoms with van der Waals surface area (Å²) in [5.74, 6) is 3.96. The van der Waals surface area contributed by atoms with Gasteiger partial charge in [0.2, 0.25) is 0 Å². The molecule has 0 rings (SSSR count). The Morgan fingerprint density at radius 2 is 2.25 bits per heavy atom. The van der Waals surface area contributed by atoms with Crippen LogP contribution in [0.25, 0.3) is 0 Å². The summed E-state index contributed by atoms with van der Waals surface area (Å²) in [6.07, 6.45) is -0.569. The molecule has 1 unspecified atom stereocenters. The number of carbonyl (C=O) groups excluding carboxylic acids is 1. The molecular weight excluding hydrogens is 110 g/mol. The first-order valence-corrected chi connectivity index (χ1v) is 2.15. The van der Waals surface area contributed by atoms with E-state index in [2.05, 4.69) is 15.5 Å². The Morgan fingerprint density at radius 3 is 2.38 bits per heavy atom. The largest absolute Gasteiger partial charge is 0.371 e. The molecule has 0 saturated carbocycles. The van der Waals surface area contributed by atoms with E-state index in [9.17, 15) is 4.79 Å². The molecule has 2 N–H and O–H groups in total. The summed E-state index contributed by atoms with van der Waals surface area (Å²) >= 11 is 0. The summed E-state index contributed by atoms with van der Waals surface area (Å²) in [4.78, 5) is 14.1. The van der Waals surface area contributed by atoms with Gasteiger partial charge in [-0.25, -0.2) is 4.79 Å². The van der Waals surface area contributed by atoms with Crippen molar-refractivity contribution in [3.63, 3.8) is 0 Å². The first kappa shape index (κ1) is 7.39. The van der Waals surface area contributed by atoms with Gasteiger partial charge in [-0.2, -0.15) is 5.90 Å². The second-order valence-electron chi connectivity index (χ2n) is 1.31. The summed E-state index contributed by atoms with van der Waals surface area (Å²) in [5.41, 5.74) is 0. The molecule has 0 fully saturated rings. The molecule has 0 saturated heterocycles. The third-order valence-corrected chi connectivity index (χ3v) is 0.802. The topological polar surface area (TPSA) is 61.5 Å². The van der Waals surface area contributed by atoms with Crippen LogP contribution in [0.3, 0.4) is 0 Å². The van der Waals surface area contributed by atoms with Crippen LogP contribution in [0.2, 0.25) is 0 Å². The molecule has 0 radical (unpaired) electrons. The first-order valence-electron chi connectivity index (χ1n) is 2.15. The van der Waals surface area contributed by atoms with E-state index in [-0.39, 0.29) is 0 Å². The maximum atomic E-state index is 10.3. The molecule has 0 aromatic rings.